The van der Waals surface area contributed by atoms with Crippen molar-refractivity contribution in [1.29, 1.82) is 0 Å². The van der Waals surface area contributed by atoms with E-state index in [1.54, 1.807) is 0 Å². The van der Waals surface area contributed by atoms with Gasteiger partial charge in [-0.2, -0.15) is 0 Å². The van der Waals surface area contributed by atoms with Crippen molar-refractivity contribution < 1.29 is 4.52 Å². The summed E-state index contributed by atoms with van der Waals surface area (Å²) >= 11 is 0. The smallest absolute Gasteiger partial charge is 0.160 e. The third kappa shape index (κ3) is 3.22. The molecule has 2 rings (SSSR count). The van der Waals surface area contributed by atoms with E-state index in [0.717, 1.165) is 43.8 Å². The molecule has 0 unspecified atom stereocenters. The summed E-state index contributed by atoms with van der Waals surface area (Å²) in [4.78, 5) is 2.35. The summed E-state index contributed by atoms with van der Waals surface area (Å²) < 4.78 is 5.40. The van der Waals surface area contributed by atoms with Gasteiger partial charge in [-0.15, -0.1) is 0 Å². The van der Waals surface area contributed by atoms with Crippen LogP contribution in [0, 0.1) is 5.41 Å². The monoisotopic (exact) mass is 237 g/mol. The molecular weight excluding hydrogens is 214 g/mol. The van der Waals surface area contributed by atoms with E-state index in [0.29, 0.717) is 6.04 Å². The lowest BCUT2D eigenvalue weighted by atomic mass is 9.90. The molecule has 0 spiro atoms. The van der Waals surface area contributed by atoms with E-state index in [4.69, 9.17) is 10.3 Å². The summed E-state index contributed by atoms with van der Waals surface area (Å²) in [6.45, 7) is 8.67. The van der Waals surface area contributed by atoms with Crippen molar-refractivity contribution in [2.24, 2.45) is 11.1 Å². The van der Waals surface area contributed by atoms with Gasteiger partial charge in [-0.1, -0.05) is 25.9 Å². The molecule has 0 atom stereocenters. The highest BCUT2D eigenvalue weighted by molar-refractivity contribution is 5.48. The molecule has 1 aliphatic heterocycles. The summed E-state index contributed by atoms with van der Waals surface area (Å²) in [7, 11) is 0. The van der Waals surface area contributed by atoms with Crippen LogP contribution in [0.15, 0.2) is 10.7 Å². The number of anilines is 1. The molecule has 1 aromatic rings. The molecule has 0 amide bonds. The van der Waals surface area contributed by atoms with Gasteiger partial charge in [0.05, 0.1) is 6.20 Å². The van der Waals surface area contributed by atoms with E-state index >= 15 is 0 Å². The average molecular weight is 237 g/mol. The molecule has 4 heteroatoms. The van der Waals surface area contributed by atoms with Crippen molar-refractivity contribution in [1.82, 2.24) is 5.16 Å². The van der Waals surface area contributed by atoms with Crippen LogP contribution in [0.2, 0.25) is 0 Å². The Labute approximate surface area is 103 Å². The third-order valence-corrected chi connectivity index (χ3v) is 3.19. The van der Waals surface area contributed by atoms with Gasteiger partial charge in [0.25, 0.3) is 0 Å². The lowest BCUT2D eigenvalue weighted by Crippen LogP contribution is -2.40. The summed E-state index contributed by atoms with van der Waals surface area (Å²) in [6, 6.07) is 0.358. The van der Waals surface area contributed by atoms with Gasteiger partial charge in [0.2, 0.25) is 0 Å². The van der Waals surface area contributed by atoms with Gasteiger partial charge in [0, 0.05) is 25.6 Å². The summed E-state index contributed by atoms with van der Waals surface area (Å²) in [6.07, 6.45) is 4.88. The quantitative estimate of drug-likeness (QED) is 0.856. The number of hydrogen-bond donors (Lipinski definition) is 1. The van der Waals surface area contributed by atoms with Gasteiger partial charge < -0.3 is 15.2 Å². The molecule has 0 radical (unpaired) electrons. The summed E-state index contributed by atoms with van der Waals surface area (Å²) in [5, 5.41) is 3.95. The Hall–Kier alpha value is -1.03. The number of aromatic nitrogens is 1. The number of hydrogen-bond acceptors (Lipinski definition) is 4. The first-order valence-corrected chi connectivity index (χ1v) is 6.40. The van der Waals surface area contributed by atoms with E-state index in [1.165, 1.54) is 0 Å². The molecule has 0 saturated carbocycles. The average Bonchev–Trinajstić information content (AvgIpc) is 2.64. The molecule has 1 aromatic heterocycles. The SMILES string of the molecule is CC(C)(C)Cc1oncc1N1CCC(N)CC1. The molecule has 0 aliphatic carbocycles. The van der Waals surface area contributed by atoms with Crippen molar-refractivity contribution in [2.75, 3.05) is 18.0 Å². The second kappa shape index (κ2) is 4.69. The van der Waals surface area contributed by atoms with Crippen LogP contribution >= 0.6 is 0 Å². The molecule has 96 valence electrons. The van der Waals surface area contributed by atoms with E-state index in [2.05, 4.69) is 30.8 Å². The number of nitrogens with two attached hydrogens (primary N) is 1. The molecule has 2 heterocycles. The van der Waals surface area contributed by atoms with Crippen LogP contribution in [0.25, 0.3) is 0 Å². The van der Waals surface area contributed by atoms with Crippen molar-refractivity contribution in [3.8, 4) is 0 Å². The fourth-order valence-corrected chi connectivity index (χ4v) is 2.26. The first-order chi connectivity index (χ1) is 7.96. The molecule has 17 heavy (non-hydrogen) atoms. The van der Waals surface area contributed by atoms with E-state index in [-0.39, 0.29) is 5.41 Å². The number of rotatable bonds is 2. The largest absolute Gasteiger partial charge is 0.367 e. The lowest BCUT2D eigenvalue weighted by molar-refractivity contribution is 0.320. The summed E-state index contributed by atoms with van der Waals surface area (Å²) in [5.41, 5.74) is 7.31. The van der Waals surface area contributed by atoms with Gasteiger partial charge in [-0.25, -0.2) is 0 Å². The van der Waals surface area contributed by atoms with Crippen molar-refractivity contribution >= 4 is 5.69 Å². The highest BCUT2D eigenvalue weighted by atomic mass is 16.5. The maximum atomic E-state index is 5.92. The van der Waals surface area contributed by atoms with Gasteiger partial charge in [-0.05, 0) is 18.3 Å². The zero-order chi connectivity index (χ0) is 12.5. The van der Waals surface area contributed by atoms with Crippen molar-refractivity contribution in [2.45, 2.75) is 46.1 Å². The standard InChI is InChI=1S/C13H23N3O/c1-13(2,3)8-12-11(9-15-17-12)16-6-4-10(14)5-7-16/h9-10H,4-8,14H2,1-3H3. The zero-order valence-corrected chi connectivity index (χ0v) is 11.1. The van der Waals surface area contributed by atoms with Gasteiger partial charge in [0.1, 0.15) is 5.69 Å². The second-order valence-corrected chi connectivity index (χ2v) is 6.20. The van der Waals surface area contributed by atoms with Crippen LogP contribution < -0.4 is 10.6 Å². The normalized spacial score (nSPS) is 18.7. The highest BCUT2D eigenvalue weighted by Gasteiger charge is 2.23. The molecule has 1 aliphatic rings. The van der Waals surface area contributed by atoms with Crippen LogP contribution in [0.3, 0.4) is 0 Å². The Balaban J connectivity index is 2.08. The van der Waals surface area contributed by atoms with Crippen molar-refractivity contribution in [3.63, 3.8) is 0 Å². The van der Waals surface area contributed by atoms with E-state index in [1.807, 2.05) is 6.20 Å². The molecule has 0 aromatic carbocycles. The minimum atomic E-state index is 0.223. The fourth-order valence-electron chi connectivity index (χ4n) is 2.26. The Morgan fingerprint density at radius 3 is 2.65 bits per heavy atom. The highest BCUT2D eigenvalue weighted by Crippen LogP contribution is 2.29. The molecule has 0 bridgehead atoms. The van der Waals surface area contributed by atoms with Gasteiger partial charge >= 0.3 is 0 Å². The topological polar surface area (TPSA) is 55.3 Å². The maximum Gasteiger partial charge on any atom is 0.160 e. The lowest BCUT2D eigenvalue weighted by Gasteiger charge is -2.31. The Kier molecular flexibility index (Phi) is 3.43. The molecule has 1 saturated heterocycles. The Morgan fingerprint density at radius 1 is 1.41 bits per heavy atom. The van der Waals surface area contributed by atoms with Crippen LogP contribution in [0.4, 0.5) is 5.69 Å². The van der Waals surface area contributed by atoms with Gasteiger partial charge in [0.15, 0.2) is 5.76 Å². The summed E-state index contributed by atoms with van der Waals surface area (Å²) in [5.74, 6) is 1.01. The van der Waals surface area contributed by atoms with Crippen LogP contribution in [0.1, 0.15) is 39.4 Å². The second-order valence-electron chi connectivity index (χ2n) is 6.20. The Bertz CT molecular complexity index is 359. The number of piperidine rings is 1. The molecule has 1 fully saturated rings. The minimum absolute atomic E-state index is 0.223. The molecular formula is C13H23N3O. The minimum Gasteiger partial charge on any atom is -0.367 e. The van der Waals surface area contributed by atoms with Crippen LogP contribution in [-0.2, 0) is 6.42 Å². The van der Waals surface area contributed by atoms with Gasteiger partial charge in [-0.3, -0.25) is 0 Å². The van der Waals surface area contributed by atoms with Crippen molar-refractivity contribution in [3.05, 3.63) is 12.0 Å². The molecule has 2 N–H and O–H groups in total. The van der Waals surface area contributed by atoms with E-state index in [9.17, 15) is 0 Å². The predicted octanol–water partition coefficient (Wildman–Crippen LogP) is 2.19. The zero-order valence-electron chi connectivity index (χ0n) is 11.1. The Morgan fingerprint density at radius 2 is 2.06 bits per heavy atom. The third-order valence-electron chi connectivity index (χ3n) is 3.19. The number of nitrogens with zero attached hydrogens (tertiary/aromatic N) is 2. The first kappa shape index (κ1) is 12.4. The molecule has 4 nitrogen and oxygen atoms in total. The first-order valence-electron chi connectivity index (χ1n) is 6.40. The van der Waals surface area contributed by atoms with Crippen LogP contribution in [0.5, 0.6) is 0 Å². The van der Waals surface area contributed by atoms with E-state index < -0.39 is 0 Å². The van der Waals surface area contributed by atoms with Crippen LogP contribution in [-0.4, -0.2) is 24.3 Å². The maximum absolute atomic E-state index is 5.92. The fraction of sp³-hybridized carbons (Fsp3) is 0.769. The predicted molar refractivity (Wildman–Crippen MR) is 69.1 cm³/mol.